The first kappa shape index (κ1) is 16.3. The van der Waals surface area contributed by atoms with Gasteiger partial charge in [0.1, 0.15) is 11.6 Å². The zero-order valence-corrected chi connectivity index (χ0v) is 14.0. The first-order valence-electron chi connectivity index (χ1n) is 7.84. The van der Waals surface area contributed by atoms with Crippen LogP contribution >= 0.6 is 15.9 Å². The highest BCUT2D eigenvalue weighted by Gasteiger charge is 2.35. The van der Waals surface area contributed by atoms with E-state index in [0.717, 1.165) is 39.0 Å². The van der Waals surface area contributed by atoms with E-state index in [9.17, 15) is 8.78 Å². The number of hydrogen-bond acceptors (Lipinski definition) is 3. The summed E-state index contributed by atoms with van der Waals surface area (Å²) >= 11 is 3.16. The number of nitrogens with one attached hydrogen (secondary N) is 1. The molecule has 0 radical (unpaired) electrons. The van der Waals surface area contributed by atoms with Crippen molar-refractivity contribution in [3.8, 4) is 0 Å². The summed E-state index contributed by atoms with van der Waals surface area (Å²) < 4.78 is 34.9. The van der Waals surface area contributed by atoms with E-state index in [-0.39, 0.29) is 17.5 Å². The van der Waals surface area contributed by atoms with Crippen LogP contribution in [0.15, 0.2) is 16.6 Å². The van der Waals surface area contributed by atoms with Gasteiger partial charge < -0.3 is 10.1 Å². The van der Waals surface area contributed by atoms with Crippen LogP contribution in [0.1, 0.15) is 24.4 Å². The number of rotatable bonds is 3. The molecule has 3 rings (SSSR count). The Hall–Kier alpha value is -0.560. The monoisotopic (exact) mass is 374 g/mol. The summed E-state index contributed by atoms with van der Waals surface area (Å²) in [6.07, 6.45) is 1.70. The highest BCUT2D eigenvalue weighted by molar-refractivity contribution is 9.10. The van der Waals surface area contributed by atoms with Crippen molar-refractivity contribution in [3.05, 3.63) is 33.8 Å². The summed E-state index contributed by atoms with van der Waals surface area (Å²) in [4.78, 5) is 2.22. The molecule has 1 N–H and O–H groups in total. The van der Waals surface area contributed by atoms with Crippen LogP contribution in [0.25, 0.3) is 0 Å². The van der Waals surface area contributed by atoms with E-state index in [2.05, 4.69) is 26.1 Å². The molecule has 122 valence electrons. The molecule has 0 aromatic heterocycles. The quantitative estimate of drug-likeness (QED) is 0.879. The molecule has 2 fully saturated rings. The molecule has 0 unspecified atom stereocenters. The van der Waals surface area contributed by atoms with Crippen molar-refractivity contribution in [2.24, 2.45) is 5.92 Å². The lowest BCUT2D eigenvalue weighted by molar-refractivity contribution is 0.0191. The zero-order valence-electron chi connectivity index (χ0n) is 12.5. The molecule has 6 heteroatoms. The fourth-order valence-electron chi connectivity index (χ4n) is 3.54. The van der Waals surface area contributed by atoms with Crippen molar-refractivity contribution >= 4 is 15.9 Å². The summed E-state index contributed by atoms with van der Waals surface area (Å²) in [6.45, 7) is 4.70. The number of halogens is 3. The van der Waals surface area contributed by atoms with E-state index >= 15 is 0 Å². The van der Waals surface area contributed by atoms with E-state index in [1.165, 1.54) is 12.1 Å². The van der Waals surface area contributed by atoms with E-state index in [0.29, 0.717) is 17.7 Å². The summed E-state index contributed by atoms with van der Waals surface area (Å²) in [6, 6.07) is 2.53. The Morgan fingerprint density at radius 3 is 2.32 bits per heavy atom. The SMILES string of the molecule is Fc1cc(Br)cc(F)c1[C@@H](C1CCOCC1)N1CCNCC1. The van der Waals surface area contributed by atoms with Crippen LogP contribution in [0.2, 0.25) is 0 Å². The standard InChI is InChI=1S/C16H21BrF2N2O/c17-12-9-13(18)15(14(19)10-12)16(11-1-7-22-8-2-11)21-5-3-20-4-6-21/h9-11,16,20H,1-8H2/t16-/m1/s1. The summed E-state index contributed by atoms with van der Waals surface area (Å²) in [5, 5.41) is 3.30. The molecule has 0 bridgehead atoms. The van der Waals surface area contributed by atoms with Gasteiger partial charge >= 0.3 is 0 Å². The zero-order chi connectivity index (χ0) is 15.5. The topological polar surface area (TPSA) is 24.5 Å². The molecule has 1 aromatic rings. The average Bonchev–Trinajstić information content (AvgIpc) is 2.52. The van der Waals surface area contributed by atoms with Gasteiger partial charge in [0.05, 0.1) is 0 Å². The van der Waals surface area contributed by atoms with Crippen LogP contribution < -0.4 is 5.32 Å². The first-order chi connectivity index (χ1) is 10.7. The van der Waals surface area contributed by atoms with Gasteiger partial charge in [0.2, 0.25) is 0 Å². The van der Waals surface area contributed by atoms with Gasteiger partial charge in [-0.1, -0.05) is 15.9 Å². The second-order valence-corrected chi connectivity index (χ2v) is 6.88. The number of piperazine rings is 1. The van der Waals surface area contributed by atoms with Crippen LogP contribution in [-0.4, -0.2) is 44.3 Å². The van der Waals surface area contributed by atoms with E-state index in [1.807, 2.05) is 0 Å². The first-order valence-corrected chi connectivity index (χ1v) is 8.63. The minimum absolute atomic E-state index is 0.209. The lowest BCUT2D eigenvalue weighted by Crippen LogP contribution is -2.48. The van der Waals surface area contributed by atoms with E-state index in [4.69, 9.17) is 4.74 Å². The highest BCUT2D eigenvalue weighted by atomic mass is 79.9. The van der Waals surface area contributed by atoms with Crippen LogP contribution in [0.4, 0.5) is 8.78 Å². The molecule has 2 aliphatic heterocycles. The maximum Gasteiger partial charge on any atom is 0.132 e. The van der Waals surface area contributed by atoms with Gasteiger partial charge in [0.25, 0.3) is 0 Å². The second-order valence-electron chi connectivity index (χ2n) is 5.96. The minimum Gasteiger partial charge on any atom is -0.381 e. The molecule has 0 saturated carbocycles. The minimum atomic E-state index is -0.457. The fraction of sp³-hybridized carbons (Fsp3) is 0.625. The molecule has 0 aliphatic carbocycles. The lowest BCUT2D eigenvalue weighted by Gasteiger charge is -2.41. The van der Waals surface area contributed by atoms with Gasteiger partial charge in [-0.3, -0.25) is 4.90 Å². The Morgan fingerprint density at radius 2 is 1.73 bits per heavy atom. The molecule has 3 nitrogen and oxygen atoms in total. The summed E-state index contributed by atoms with van der Waals surface area (Å²) in [5.41, 5.74) is 0.219. The molecular formula is C16H21BrF2N2O. The van der Waals surface area contributed by atoms with Gasteiger partial charge in [-0.2, -0.15) is 0 Å². The van der Waals surface area contributed by atoms with E-state index in [1.54, 1.807) is 0 Å². The van der Waals surface area contributed by atoms with Gasteiger partial charge in [-0.15, -0.1) is 0 Å². The maximum absolute atomic E-state index is 14.5. The van der Waals surface area contributed by atoms with Gasteiger partial charge in [-0.25, -0.2) is 8.78 Å². The Labute approximate surface area is 138 Å². The Balaban J connectivity index is 1.96. The van der Waals surface area contributed by atoms with E-state index < -0.39 is 11.6 Å². The third kappa shape index (κ3) is 3.50. The smallest absolute Gasteiger partial charge is 0.132 e. The van der Waals surface area contributed by atoms with Crippen LogP contribution in [0.3, 0.4) is 0 Å². The Morgan fingerprint density at radius 1 is 1.14 bits per heavy atom. The normalized spacial score (nSPS) is 22.7. The fourth-order valence-corrected chi connectivity index (χ4v) is 3.95. The molecule has 2 aliphatic rings. The van der Waals surface area contributed by atoms with Crippen molar-refractivity contribution in [1.29, 1.82) is 0 Å². The molecule has 2 heterocycles. The molecule has 2 saturated heterocycles. The van der Waals surface area contributed by atoms with Crippen molar-refractivity contribution in [1.82, 2.24) is 10.2 Å². The molecular weight excluding hydrogens is 354 g/mol. The van der Waals surface area contributed by atoms with Crippen LogP contribution in [0.5, 0.6) is 0 Å². The third-order valence-electron chi connectivity index (χ3n) is 4.60. The Bertz CT molecular complexity index is 476. The van der Waals surface area contributed by atoms with Crippen LogP contribution in [0, 0.1) is 17.6 Å². The van der Waals surface area contributed by atoms with Crippen molar-refractivity contribution in [2.75, 3.05) is 39.4 Å². The van der Waals surface area contributed by atoms with Gasteiger partial charge in [0.15, 0.2) is 0 Å². The number of benzene rings is 1. The molecule has 1 atom stereocenters. The molecule has 22 heavy (non-hydrogen) atoms. The predicted molar refractivity (Wildman–Crippen MR) is 84.8 cm³/mol. The molecule has 0 amide bonds. The van der Waals surface area contributed by atoms with Crippen molar-refractivity contribution in [2.45, 2.75) is 18.9 Å². The number of hydrogen-bond donors (Lipinski definition) is 1. The predicted octanol–water partition coefficient (Wildman–Crippen LogP) is 3.10. The largest absolute Gasteiger partial charge is 0.381 e. The average molecular weight is 375 g/mol. The number of ether oxygens (including phenoxy) is 1. The van der Waals surface area contributed by atoms with Crippen molar-refractivity contribution in [3.63, 3.8) is 0 Å². The molecule has 0 spiro atoms. The Kier molecular flexibility index (Phi) is 5.44. The van der Waals surface area contributed by atoms with Gasteiger partial charge in [0, 0.05) is 55.5 Å². The third-order valence-corrected chi connectivity index (χ3v) is 5.05. The van der Waals surface area contributed by atoms with Crippen molar-refractivity contribution < 1.29 is 13.5 Å². The van der Waals surface area contributed by atoms with Crippen LogP contribution in [-0.2, 0) is 4.74 Å². The maximum atomic E-state index is 14.5. The second kappa shape index (κ2) is 7.34. The lowest BCUT2D eigenvalue weighted by atomic mass is 9.85. The highest BCUT2D eigenvalue weighted by Crippen LogP contribution is 2.38. The summed E-state index contributed by atoms with van der Waals surface area (Å²) in [7, 11) is 0. The summed E-state index contributed by atoms with van der Waals surface area (Å²) in [5.74, 6) is -0.680. The molecule has 1 aromatic carbocycles. The number of nitrogens with zero attached hydrogens (tertiary/aromatic N) is 1. The van der Waals surface area contributed by atoms with Gasteiger partial charge in [-0.05, 0) is 30.9 Å².